The van der Waals surface area contributed by atoms with Crippen LogP contribution in [0, 0.1) is 0 Å². The number of hydrogen-bond acceptors (Lipinski definition) is 11. The maximum Gasteiger partial charge on any atom is 0.416 e. The fourth-order valence-corrected chi connectivity index (χ4v) is 13.2. The Balaban J connectivity index is 0.977. The summed E-state index contributed by atoms with van der Waals surface area (Å²) >= 11 is 14.6. The number of allylic oxidation sites excluding steroid dienone is 4. The Morgan fingerprint density at radius 3 is 0.866 bits per heavy atom. The zero-order chi connectivity index (χ0) is 86.1. The van der Waals surface area contributed by atoms with Gasteiger partial charge in [0.25, 0.3) is 0 Å². The SMILES string of the molecule is O=C(Oc1cc(C(F)(F)F)cc(C(F)(F)F)c1)c1ccc(C2=C3C=C(Cl)C(=N3)C(c3ccc(C(=O)Oc4cc(C(F)(F)F)cc(C(F)(F)F)c4)cc3)=c3ccc4n3Nn3c2ccc3C(c2ccc(C(=O)Oc3cc(C(F)(F)F)cc(C(F)(F)F)c3)cc2)=C2N=C(C=C2Cl)C=4c2ccc(C(=O)Oc3cc(C(F)(F)F)cc(C(F)(F)F)c3)cc2)cc1. The molecular formula is C80H35Cl2F24N5O8. The Bertz CT molecular complexity index is 6140. The van der Waals surface area contributed by atoms with Crippen molar-refractivity contribution in [3.63, 3.8) is 0 Å². The Hall–Kier alpha value is -13.1. The van der Waals surface area contributed by atoms with Crippen LogP contribution in [0.3, 0.4) is 0 Å². The summed E-state index contributed by atoms with van der Waals surface area (Å²) in [7, 11) is 0. The smallest absolute Gasteiger partial charge is 0.416 e. The number of carbonyl (C=O) groups is 4. The first-order valence-corrected chi connectivity index (χ1v) is 34.0. The minimum absolute atomic E-state index is 0.00332. The van der Waals surface area contributed by atoms with Crippen LogP contribution >= 0.6 is 23.2 Å². The third-order valence-electron chi connectivity index (χ3n) is 18.1. The summed E-state index contributed by atoms with van der Waals surface area (Å²) in [5.41, 5.74) is -14.2. The summed E-state index contributed by atoms with van der Waals surface area (Å²) < 4.78 is 358. The highest BCUT2D eigenvalue weighted by Gasteiger charge is 2.43. The average Bonchev–Trinajstić information content (AvgIpc) is 1.57. The molecule has 8 aromatic carbocycles. The molecule has 10 aromatic rings. The molecule has 6 heterocycles. The van der Waals surface area contributed by atoms with Crippen molar-refractivity contribution >= 4 is 80.8 Å². The molecule has 4 aliphatic rings. The highest BCUT2D eigenvalue weighted by atomic mass is 35.5. The van der Waals surface area contributed by atoms with E-state index in [2.05, 4.69) is 5.53 Å². The molecule has 0 amide bonds. The number of nitrogens with zero attached hydrogens (tertiary/aromatic N) is 4. The van der Waals surface area contributed by atoms with E-state index >= 15 is 0 Å². The van der Waals surface area contributed by atoms with Gasteiger partial charge in [0.1, 0.15) is 23.0 Å². The number of aromatic nitrogens is 2. The van der Waals surface area contributed by atoms with Gasteiger partial charge in [-0.3, -0.25) is 0 Å². The van der Waals surface area contributed by atoms with Gasteiger partial charge in [0.15, 0.2) is 0 Å². The molecule has 6 bridgehead atoms. The number of benzene rings is 8. The molecule has 0 saturated heterocycles. The van der Waals surface area contributed by atoms with Gasteiger partial charge < -0.3 is 18.9 Å². The molecule has 610 valence electrons. The summed E-state index contributed by atoms with van der Waals surface area (Å²) in [5, 5.41) is -0.528. The number of esters is 4. The topological polar surface area (TPSA) is 152 Å². The molecule has 13 nitrogen and oxygen atoms in total. The molecule has 119 heavy (non-hydrogen) atoms. The van der Waals surface area contributed by atoms with Crippen molar-refractivity contribution in [2.75, 3.05) is 5.53 Å². The van der Waals surface area contributed by atoms with Crippen molar-refractivity contribution in [2.24, 2.45) is 9.98 Å². The van der Waals surface area contributed by atoms with Crippen molar-refractivity contribution in [3.05, 3.63) is 339 Å². The Kier molecular flexibility index (Phi) is 20.5. The van der Waals surface area contributed by atoms with E-state index in [0.29, 0.717) is 0 Å². The third kappa shape index (κ3) is 16.8. The zero-order valence-corrected chi connectivity index (χ0v) is 59.5. The van der Waals surface area contributed by atoms with Gasteiger partial charge in [-0.2, -0.15) is 105 Å². The lowest BCUT2D eigenvalue weighted by atomic mass is 9.99. The molecule has 1 N–H and O–H groups in total. The molecule has 14 rings (SSSR count). The summed E-state index contributed by atoms with van der Waals surface area (Å²) in [6.45, 7) is 0. The highest BCUT2D eigenvalue weighted by Crippen LogP contribution is 2.47. The number of alkyl halides is 24. The van der Waals surface area contributed by atoms with Crippen LogP contribution in [-0.2, 0) is 49.4 Å². The van der Waals surface area contributed by atoms with Crippen molar-refractivity contribution in [1.82, 2.24) is 9.35 Å². The summed E-state index contributed by atoms with van der Waals surface area (Å²) in [5.74, 6) is -10.8. The van der Waals surface area contributed by atoms with Gasteiger partial charge in [-0.25, -0.2) is 44.0 Å². The van der Waals surface area contributed by atoms with Gasteiger partial charge in [0.05, 0.1) is 122 Å². The van der Waals surface area contributed by atoms with Crippen LogP contribution in [0.1, 0.15) is 120 Å². The van der Waals surface area contributed by atoms with E-state index in [-0.39, 0.29) is 172 Å². The van der Waals surface area contributed by atoms with Crippen molar-refractivity contribution < 1.29 is 143 Å². The quantitative estimate of drug-likeness (QED) is 0.0716. The highest BCUT2D eigenvalue weighted by molar-refractivity contribution is 6.53. The van der Waals surface area contributed by atoms with Gasteiger partial charge in [-0.15, -0.1) is 0 Å². The van der Waals surface area contributed by atoms with E-state index in [0.717, 1.165) is 48.5 Å². The Morgan fingerprint density at radius 1 is 0.294 bits per heavy atom. The first-order valence-electron chi connectivity index (χ1n) is 33.3. The number of halogens is 26. The second-order valence-corrected chi connectivity index (χ2v) is 26.8. The summed E-state index contributed by atoms with van der Waals surface area (Å²) in [6.07, 6.45) is -40.5. The second-order valence-electron chi connectivity index (χ2n) is 26.0. The van der Waals surface area contributed by atoms with Crippen LogP contribution in [-0.4, -0.2) is 44.7 Å². The first-order chi connectivity index (χ1) is 55.4. The fourth-order valence-electron chi connectivity index (χ4n) is 12.7. The number of aliphatic imine (C=N–C) groups is 2. The van der Waals surface area contributed by atoms with Gasteiger partial charge >= 0.3 is 73.3 Å². The summed E-state index contributed by atoms with van der Waals surface area (Å²) in [4.78, 5) is 65.4. The Morgan fingerprint density at radius 2 is 0.563 bits per heavy atom. The van der Waals surface area contributed by atoms with E-state index < -0.39 is 163 Å². The second kappa shape index (κ2) is 29.5. The molecule has 4 aliphatic heterocycles. The van der Waals surface area contributed by atoms with Crippen LogP contribution in [0.15, 0.2) is 238 Å². The number of fused-ring (bicyclic) bond motifs is 2. The third-order valence-corrected chi connectivity index (χ3v) is 18.7. The molecule has 0 aliphatic carbocycles. The van der Waals surface area contributed by atoms with E-state index in [9.17, 15) is 125 Å². The lowest BCUT2D eigenvalue weighted by Gasteiger charge is -2.24. The van der Waals surface area contributed by atoms with E-state index in [1.807, 2.05) is 0 Å². The van der Waals surface area contributed by atoms with E-state index in [1.165, 1.54) is 94.3 Å². The maximum atomic E-state index is 14.0. The van der Waals surface area contributed by atoms with Crippen LogP contribution in [0.4, 0.5) is 105 Å². The van der Waals surface area contributed by atoms with Crippen molar-refractivity contribution in [3.8, 4) is 23.0 Å². The molecule has 2 aromatic heterocycles. The van der Waals surface area contributed by atoms with Crippen LogP contribution < -0.4 is 35.2 Å². The molecule has 0 radical (unpaired) electrons. The molecule has 0 saturated carbocycles. The fraction of sp³-hybridized carbons (Fsp3) is 0.100. The van der Waals surface area contributed by atoms with E-state index in [1.54, 1.807) is 0 Å². The van der Waals surface area contributed by atoms with Crippen molar-refractivity contribution in [2.45, 2.75) is 49.4 Å². The minimum Gasteiger partial charge on any atom is -0.423 e. The molecule has 0 atom stereocenters. The first kappa shape index (κ1) is 82.5. The number of ether oxygens (including phenoxy) is 4. The largest absolute Gasteiger partial charge is 0.423 e. The molecular weight excluding hydrogens is 1690 g/mol. The van der Waals surface area contributed by atoms with Crippen molar-refractivity contribution in [1.29, 1.82) is 0 Å². The predicted molar refractivity (Wildman–Crippen MR) is 374 cm³/mol. The number of rotatable bonds is 12. The lowest BCUT2D eigenvalue weighted by molar-refractivity contribution is -0.144. The monoisotopic (exact) mass is 1720 g/mol. The zero-order valence-electron chi connectivity index (χ0n) is 58.0. The summed E-state index contributed by atoms with van der Waals surface area (Å²) in [6, 6.07) is 23.9. The van der Waals surface area contributed by atoms with Gasteiger partial charge in [-0.1, -0.05) is 71.7 Å². The van der Waals surface area contributed by atoms with Gasteiger partial charge in [0.2, 0.25) is 0 Å². The van der Waals surface area contributed by atoms with Crippen LogP contribution in [0.2, 0.25) is 0 Å². The molecule has 0 unspecified atom stereocenters. The molecule has 0 spiro atoms. The van der Waals surface area contributed by atoms with Crippen LogP contribution in [0.25, 0.3) is 22.3 Å². The molecule has 39 heteroatoms. The molecule has 0 fully saturated rings. The minimum atomic E-state index is -5.38. The van der Waals surface area contributed by atoms with Gasteiger partial charge in [0, 0.05) is 22.3 Å². The normalized spacial score (nSPS) is 14.6. The van der Waals surface area contributed by atoms with Gasteiger partial charge in [-0.05, 0) is 180 Å². The number of carbonyl (C=O) groups excluding carboxylic acids is 4. The number of hydrogen-bond donors (Lipinski definition) is 1. The number of nitrogens with one attached hydrogen (secondary N) is 1. The van der Waals surface area contributed by atoms with Crippen LogP contribution in [0.5, 0.6) is 23.0 Å². The average molecular weight is 1720 g/mol. The Labute approximate surface area is 657 Å². The standard InChI is InChI=1S/C80H35Cl2F24N5O8/c81-55-33-57-63(35-1-9-39(10-2-35)69(112)116-51-25-43(73(83,84)85)21-44(26-51)74(86,87)88)59-17-19-61-65(37-5-13-41(14-6-37)71(114)118-53-29-47(77(95,96)97)23-48(30-53)78(98,99)100)68-56(82)34-58(108-68)64(36-3-11-40(12-4-36)70(113)117-52-27-45(75(89,90)91)22-46(28-52)76(92,93)94)60-18-20-62(111(60)109-110(59)61)66(67(55)107-57)38-7-15-42(16-8-38)72(115)119-54-31-49(79(101,102)103)24-50(32-54)80(104,105)106/h1-34,109H. The van der Waals surface area contributed by atoms with E-state index in [4.69, 9.17) is 52.1 Å². The predicted octanol–water partition coefficient (Wildman–Crippen LogP) is 21.4. The maximum absolute atomic E-state index is 14.0. The lowest BCUT2D eigenvalue weighted by Crippen LogP contribution is -2.42.